The number of rotatable bonds is 7. The second kappa shape index (κ2) is 10.4. The number of imide groups is 2. The molecule has 178 valence electrons. The van der Waals surface area contributed by atoms with Crippen molar-refractivity contribution in [3.8, 4) is 11.5 Å². The number of halogens is 1. The van der Waals surface area contributed by atoms with Gasteiger partial charge in [-0.1, -0.05) is 47.0 Å². The Balaban J connectivity index is 1.54. The van der Waals surface area contributed by atoms with E-state index in [1.54, 1.807) is 42.5 Å². The second-order valence-corrected chi connectivity index (χ2v) is 8.42. The van der Waals surface area contributed by atoms with Crippen molar-refractivity contribution in [3.63, 3.8) is 0 Å². The van der Waals surface area contributed by atoms with Crippen molar-refractivity contribution in [3.05, 3.63) is 94.0 Å². The number of nitrogens with zero attached hydrogens (tertiary/aromatic N) is 1. The highest BCUT2D eigenvalue weighted by atomic mass is 35.5. The third kappa shape index (κ3) is 5.70. The average Bonchev–Trinajstić information content (AvgIpc) is 2.83. The number of hydrogen-bond acceptors (Lipinski definition) is 5. The number of carbonyl (C=O) groups is 3. The summed E-state index contributed by atoms with van der Waals surface area (Å²) in [6.07, 6.45) is 1.37. The highest BCUT2D eigenvalue weighted by molar-refractivity contribution is 6.39. The van der Waals surface area contributed by atoms with E-state index < -0.39 is 17.8 Å². The average molecular weight is 491 g/mol. The van der Waals surface area contributed by atoms with E-state index in [1.165, 1.54) is 6.08 Å². The number of nitrogens with one attached hydrogen (secondary N) is 1. The van der Waals surface area contributed by atoms with Gasteiger partial charge in [-0.05, 0) is 62.4 Å². The fraction of sp³-hybridized carbons (Fsp3) is 0.148. The number of benzene rings is 3. The van der Waals surface area contributed by atoms with Gasteiger partial charge < -0.3 is 9.47 Å². The summed E-state index contributed by atoms with van der Waals surface area (Å²) in [7, 11) is 0. The number of barbiturate groups is 1. The number of carbonyl (C=O) groups excluding carboxylic acids is 3. The zero-order valence-corrected chi connectivity index (χ0v) is 20.0. The van der Waals surface area contributed by atoms with E-state index in [1.807, 2.05) is 38.1 Å². The van der Waals surface area contributed by atoms with Gasteiger partial charge in [0.2, 0.25) is 0 Å². The molecule has 1 saturated heterocycles. The summed E-state index contributed by atoms with van der Waals surface area (Å²) in [6.45, 7) is 4.40. The number of anilines is 1. The van der Waals surface area contributed by atoms with Crippen LogP contribution in [-0.4, -0.2) is 31.1 Å². The van der Waals surface area contributed by atoms with Crippen LogP contribution in [-0.2, 0) is 9.59 Å². The molecule has 35 heavy (non-hydrogen) atoms. The molecule has 0 aliphatic carbocycles. The maximum absolute atomic E-state index is 13.2. The van der Waals surface area contributed by atoms with Crippen molar-refractivity contribution >= 4 is 41.2 Å². The summed E-state index contributed by atoms with van der Waals surface area (Å²) in [5.41, 5.74) is 2.67. The Morgan fingerprint density at radius 2 is 1.49 bits per heavy atom. The van der Waals surface area contributed by atoms with E-state index in [9.17, 15) is 14.4 Å². The molecule has 0 unspecified atom stereocenters. The van der Waals surface area contributed by atoms with Crippen LogP contribution in [0.25, 0.3) is 6.08 Å². The highest BCUT2D eigenvalue weighted by Crippen LogP contribution is 2.28. The first-order valence-corrected chi connectivity index (χ1v) is 11.3. The Bertz CT molecular complexity index is 1300. The monoisotopic (exact) mass is 490 g/mol. The van der Waals surface area contributed by atoms with Crippen molar-refractivity contribution in [2.45, 2.75) is 13.8 Å². The topological polar surface area (TPSA) is 84.9 Å². The van der Waals surface area contributed by atoms with Gasteiger partial charge in [-0.25, -0.2) is 9.69 Å². The molecule has 1 aliphatic heterocycles. The zero-order chi connectivity index (χ0) is 24.9. The van der Waals surface area contributed by atoms with Crippen molar-refractivity contribution in [2.75, 3.05) is 18.1 Å². The number of aryl methyl sites for hydroxylation is 2. The SMILES string of the molecule is Cc1ccc(OCCOc2ccc(Cl)cc2/C=C2\C(=O)NC(=O)N(c3ccc(C)cc3)C2=O)cc1. The quantitative estimate of drug-likeness (QED) is 0.283. The molecule has 3 aromatic rings. The molecule has 4 amide bonds. The fourth-order valence-electron chi connectivity index (χ4n) is 3.45. The lowest BCUT2D eigenvalue weighted by Crippen LogP contribution is -2.54. The molecular formula is C27H23ClN2O5. The van der Waals surface area contributed by atoms with Crippen molar-refractivity contribution in [2.24, 2.45) is 0 Å². The Kier molecular flexibility index (Phi) is 7.17. The molecule has 1 fully saturated rings. The Morgan fingerprint density at radius 1 is 0.857 bits per heavy atom. The van der Waals surface area contributed by atoms with Gasteiger partial charge in [0.1, 0.15) is 30.3 Å². The molecule has 3 aromatic carbocycles. The molecule has 0 bridgehead atoms. The Labute approximate surface area is 207 Å². The van der Waals surface area contributed by atoms with Crippen LogP contribution in [0.2, 0.25) is 5.02 Å². The lowest BCUT2D eigenvalue weighted by atomic mass is 10.1. The minimum atomic E-state index is -0.808. The van der Waals surface area contributed by atoms with Gasteiger partial charge in [-0.3, -0.25) is 14.9 Å². The number of urea groups is 1. The first kappa shape index (κ1) is 24.0. The van der Waals surface area contributed by atoms with Crippen LogP contribution in [0.3, 0.4) is 0 Å². The first-order chi connectivity index (χ1) is 16.8. The fourth-order valence-corrected chi connectivity index (χ4v) is 3.63. The Hall–Kier alpha value is -4.10. The van der Waals surface area contributed by atoms with Gasteiger partial charge in [0.15, 0.2) is 0 Å². The summed E-state index contributed by atoms with van der Waals surface area (Å²) in [5.74, 6) is -0.398. The molecule has 0 spiro atoms. The first-order valence-electron chi connectivity index (χ1n) is 10.9. The minimum Gasteiger partial charge on any atom is -0.490 e. The normalized spacial score (nSPS) is 14.8. The number of ether oxygens (including phenoxy) is 2. The summed E-state index contributed by atoms with van der Waals surface area (Å²) in [4.78, 5) is 39.0. The van der Waals surface area contributed by atoms with Crippen LogP contribution in [0, 0.1) is 13.8 Å². The second-order valence-electron chi connectivity index (χ2n) is 7.99. The van der Waals surface area contributed by atoms with Gasteiger partial charge >= 0.3 is 6.03 Å². The van der Waals surface area contributed by atoms with Crippen LogP contribution in [0.15, 0.2) is 72.3 Å². The summed E-state index contributed by atoms with van der Waals surface area (Å²) in [5, 5.41) is 2.62. The predicted molar refractivity (Wildman–Crippen MR) is 134 cm³/mol. The predicted octanol–water partition coefficient (Wildman–Crippen LogP) is 5.08. The third-order valence-electron chi connectivity index (χ3n) is 5.30. The van der Waals surface area contributed by atoms with Crippen LogP contribution < -0.4 is 19.7 Å². The van der Waals surface area contributed by atoms with E-state index in [-0.39, 0.29) is 18.8 Å². The standard InChI is InChI=1S/C27H23ClN2O5/c1-17-3-8-21(9-4-17)30-26(32)23(25(31)29-27(30)33)16-19-15-20(28)7-12-24(19)35-14-13-34-22-10-5-18(2)6-11-22/h3-12,15-16H,13-14H2,1-2H3,(H,29,31,33)/b23-16+. The molecule has 0 radical (unpaired) electrons. The van der Waals surface area contributed by atoms with Gasteiger partial charge in [-0.15, -0.1) is 0 Å². The van der Waals surface area contributed by atoms with Gasteiger partial charge in [-0.2, -0.15) is 0 Å². The molecule has 0 atom stereocenters. The van der Waals surface area contributed by atoms with Crippen molar-refractivity contribution in [1.82, 2.24) is 5.32 Å². The molecule has 8 heteroatoms. The van der Waals surface area contributed by atoms with Gasteiger partial charge in [0.25, 0.3) is 11.8 Å². The summed E-state index contributed by atoms with van der Waals surface area (Å²) < 4.78 is 11.5. The van der Waals surface area contributed by atoms with E-state index in [2.05, 4.69) is 5.32 Å². The van der Waals surface area contributed by atoms with E-state index in [4.69, 9.17) is 21.1 Å². The maximum Gasteiger partial charge on any atom is 0.335 e. The van der Waals surface area contributed by atoms with Crippen LogP contribution >= 0.6 is 11.6 Å². The molecular weight excluding hydrogens is 468 g/mol. The number of hydrogen-bond donors (Lipinski definition) is 1. The maximum atomic E-state index is 13.2. The van der Waals surface area contributed by atoms with Crippen LogP contribution in [0.5, 0.6) is 11.5 Å². The summed E-state index contributed by atoms with van der Waals surface area (Å²) >= 11 is 6.16. The molecule has 0 saturated carbocycles. The van der Waals surface area contributed by atoms with Gasteiger partial charge in [0, 0.05) is 10.6 Å². The van der Waals surface area contributed by atoms with Crippen molar-refractivity contribution in [1.29, 1.82) is 0 Å². The third-order valence-corrected chi connectivity index (χ3v) is 5.53. The van der Waals surface area contributed by atoms with Crippen LogP contribution in [0.4, 0.5) is 10.5 Å². The Morgan fingerprint density at radius 3 is 2.17 bits per heavy atom. The van der Waals surface area contributed by atoms with Gasteiger partial charge in [0.05, 0.1) is 5.69 Å². The minimum absolute atomic E-state index is 0.215. The van der Waals surface area contributed by atoms with E-state index in [0.29, 0.717) is 22.0 Å². The van der Waals surface area contributed by atoms with E-state index in [0.717, 1.165) is 21.8 Å². The molecule has 0 aromatic heterocycles. The summed E-state index contributed by atoms with van der Waals surface area (Å²) in [6, 6.07) is 18.6. The number of amides is 4. The zero-order valence-electron chi connectivity index (χ0n) is 19.2. The lowest BCUT2D eigenvalue weighted by molar-refractivity contribution is -0.122. The van der Waals surface area contributed by atoms with Crippen molar-refractivity contribution < 1.29 is 23.9 Å². The van der Waals surface area contributed by atoms with E-state index >= 15 is 0 Å². The lowest BCUT2D eigenvalue weighted by Gasteiger charge is -2.26. The molecule has 1 heterocycles. The molecule has 1 N–H and O–H groups in total. The molecule has 1 aliphatic rings. The highest BCUT2D eigenvalue weighted by Gasteiger charge is 2.37. The molecule has 4 rings (SSSR count). The van der Waals surface area contributed by atoms with Crippen LogP contribution in [0.1, 0.15) is 16.7 Å². The largest absolute Gasteiger partial charge is 0.490 e. The molecule has 7 nitrogen and oxygen atoms in total. The smallest absolute Gasteiger partial charge is 0.335 e.